The molecule has 0 spiro atoms. The first-order valence-electron chi connectivity index (χ1n) is 2.24. The second-order valence-corrected chi connectivity index (χ2v) is 1.54. The standard InChI is InChI=1S/C4H7NO4.Mg.2H/c5-2(4(8)9)1-3(6)7;;;/h2H,1,5H2,(H,6,7)(H,8,9);;;. The van der Waals surface area contributed by atoms with Gasteiger partial charge in [0.25, 0.3) is 0 Å². The van der Waals surface area contributed by atoms with Crippen LogP contribution in [0.15, 0.2) is 0 Å². The number of hydrogen-bond donors (Lipinski definition) is 3. The molecule has 0 fully saturated rings. The third kappa shape index (κ3) is 5.80. The van der Waals surface area contributed by atoms with Crippen molar-refractivity contribution in [1.29, 1.82) is 0 Å². The average Bonchev–Trinajstić information content (AvgIpc) is 1.63. The minimum Gasteiger partial charge on any atom is -0.481 e. The molecule has 0 aromatic heterocycles. The van der Waals surface area contributed by atoms with Gasteiger partial charge in [-0.2, -0.15) is 0 Å². The zero-order valence-corrected chi connectivity index (χ0v) is 4.57. The van der Waals surface area contributed by atoms with Crippen molar-refractivity contribution in [1.82, 2.24) is 0 Å². The predicted octanol–water partition coefficient (Wildman–Crippen LogP) is -2.04. The van der Waals surface area contributed by atoms with Crippen LogP contribution in [0.3, 0.4) is 0 Å². The van der Waals surface area contributed by atoms with Crippen LogP contribution in [-0.2, 0) is 9.59 Å². The Kier molecular flexibility index (Phi) is 6.73. The Morgan fingerprint density at radius 3 is 1.90 bits per heavy atom. The molecule has 0 radical (unpaired) electrons. The maximum atomic E-state index is 9.85. The minimum absolute atomic E-state index is 0. The fraction of sp³-hybridized carbons (Fsp3) is 0.500. The Morgan fingerprint density at radius 1 is 1.40 bits per heavy atom. The van der Waals surface area contributed by atoms with Gasteiger partial charge < -0.3 is 15.9 Å². The summed E-state index contributed by atoms with van der Waals surface area (Å²) in [5, 5.41) is 16.0. The van der Waals surface area contributed by atoms with Gasteiger partial charge in [0.05, 0.1) is 6.42 Å². The van der Waals surface area contributed by atoms with Gasteiger partial charge in [-0.25, -0.2) is 0 Å². The van der Waals surface area contributed by atoms with Crippen molar-refractivity contribution < 1.29 is 19.8 Å². The van der Waals surface area contributed by atoms with Crippen molar-refractivity contribution in [2.45, 2.75) is 12.5 Å². The smallest absolute Gasteiger partial charge is 0.321 e. The summed E-state index contributed by atoms with van der Waals surface area (Å²) in [6, 6.07) is -1.29. The van der Waals surface area contributed by atoms with Gasteiger partial charge in [-0.3, -0.25) is 9.59 Å². The van der Waals surface area contributed by atoms with E-state index >= 15 is 0 Å². The predicted molar refractivity (Wildman–Crippen MR) is 36.4 cm³/mol. The van der Waals surface area contributed by atoms with Crippen LogP contribution in [0.2, 0.25) is 0 Å². The van der Waals surface area contributed by atoms with Gasteiger partial charge in [0.1, 0.15) is 6.04 Å². The molecule has 5 nitrogen and oxygen atoms in total. The summed E-state index contributed by atoms with van der Waals surface area (Å²) >= 11 is 0. The highest BCUT2D eigenvalue weighted by Gasteiger charge is 2.14. The molecule has 0 aliphatic rings. The third-order valence-corrected chi connectivity index (χ3v) is 0.712. The molecule has 0 heterocycles. The molecule has 4 N–H and O–H groups in total. The molecule has 1 atom stereocenters. The van der Waals surface area contributed by atoms with Gasteiger partial charge in [0.2, 0.25) is 0 Å². The molecule has 0 bridgehead atoms. The molecule has 6 heteroatoms. The maximum absolute atomic E-state index is 9.85. The SMILES string of the molecule is NC(CC(=O)O)C(=O)O.[MgH2]. The molecule has 1 unspecified atom stereocenters. The van der Waals surface area contributed by atoms with Crippen LogP contribution in [0.25, 0.3) is 0 Å². The van der Waals surface area contributed by atoms with Crippen molar-refractivity contribution in [3.8, 4) is 0 Å². The summed E-state index contributed by atoms with van der Waals surface area (Å²) in [5.74, 6) is -2.50. The lowest BCUT2D eigenvalue weighted by atomic mass is 10.2. The van der Waals surface area contributed by atoms with Gasteiger partial charge >= 0.3 is 35.0 Å². The van der Waals surface area contributed by atoms with Crippen LogP contribution in [0.5, 0.6) is 0 Å². The number of carbonyl (C=O) groups is 2. The van der Waals surface area contributed by atoms with E-state index in [1.807, 2.05) is 0 Å². The summed E-state index contributed by atoms with van der Waals surface area (Å²) in [7, 11) is 0. The van der Waals surface area contributed by atoms with Crippen molar-refractivity contribution in [2.75, 3.05) is 0 Å². The van der Waals surface area contributed by atoms with Gasteiger partial charge in [0, 0.05) is 0 Å². The molecule has 56 valence electrons. The number of carboxylic acids is 2. The number of hydrogen-bond acceptors (Lipinski definition) is 3. The first kappa shape index (κ1) is 12.4. The lowest BCUT2D eigenvalue weighted by Gasteiger charge is -1.99. The maximum Gasteiger partial charge on any atom is 0.321 e. The summed E-state index contributed by atoms with van der Waals surface area (Å²) in [6.45, 7) is 0. The lowest BCUT2D eigenvalue weighted by Crippen LogP contribution is -2.32. The Hall–Kier alpha value is -0.334. The van der Waals surface area contributed by atoms with E-state index in [2.05, 4.69) is 0 Å². The van der Waals surface area contributed by atoms with Crippen molar-refractivity contribution in [3.63, 3.8) is 0 Å². The normalized spacial score (nSPS) is 11.3. The Morgan fingerprint density at radius 2 is 1.80 bits per heavy atom. The summed E-state index contributed by atoms with van der Waals surface area (Å²) in [5.41, 5.74) is 4.84. The molecule has 0 amide bonds. The van der Waals surface area contributed by atoms with E-state index in [-0.39, 0.29) is 23.1 Å². The number of carboxylic acid groups (broad SMARTS) is 2. The average molecular weight is 159 g/mol. The lowest BCUT2D eigenvalue weighted by molar-refractivity contribution is -0.144. The molecule has 0 aromatic rings. The number of nitrogens with two attached hydrogens (primary N) is 1. The zero-order chi connectivity index (χ0) is 7.44. The number of rotatable bonds is 3. The van der Waals surface area contributed by atoms with Crippen LogP contribution in [-0.4, -0.2) is 51.2 Å². The highest BCUT2D eigenvalue weighted by atomic mass is 24.3. The quantitative estimate of drug-likeness (QED) is 0.412. The summed E-state index contributed by atoms with van der Waals surface area (Å²) in [6.07, 6.45) is -0.532. The molecule has 0 aromatic carbocycles. The van der Waals surface area contributed by atoms with E-state index in [4.69, 9.17) is 15.9 Å². The van der Waals surface area contributed by atoms with Crippen LogP contribution in [0.4, 0.5) is 0 Å². The third-order valence-electron chi connectivity index (χ3n) is 0.712. The molecular formula is C4H9MgNO4. The molecule has 10 heavy (non-hydrogen) atoms. The highest BCUT2D eigenvalue weighted by Crippen LogP contribution is 1.86. The second-order valence-electron chi connectivity index (χ2n) is 1.54. The Balaban J connectivity index is 0. The highest BCUT2D eigenvalue weighted by molar-refractivity contribution is 5.80. The molecule has 0 aliphatic carbocycles. The van der Waals surface area contributed by atoms with Crippen molar-refractivity contribution in [3.05, 3.63) is 0 Å². The summed E-state index contributed by atoms with van der Waals surface area (Å²) in [4.78, 5) is 19.6. The monoisotopic (exact) mass is 159 g/mol. The first-order chi connectivity index (χ1) is 4.04. The van der Waals surface area contributed by atoms with Crippen molar-refractivity contribution in [2.24, 2.45) is 5.73 Å². The van der Waals surface area contributed by atoms with Gasteiger partial charge in [-0.15, -0.1) is 0 Å². The number of aliphatic carboxylic acids is 2. The minimum atomic E-state index is -1.29. The summed E-state index contributed by atoms with van der Waals surface area (Å²) < 4.78 is 0. The Labute approximate surface area is 73.4 Å². The van der Waals surface area contributed by atoms with Crippen molar-refractivity contribution >= 4 is 35.0 Å². The largest absolute Gasteiger partial charge is 0.481 e. The molecule has 0 rings (SSSR count). The van der Waals surface area contributed by atoms with Gasteiger partial charge in [-0.1, -0.05) is 0 Å². The van der Waals surface area contributed by atoms with Crippen LogP contribution in [0, 0.1) is 0 Å². The second kappa shape index (κ2) is 5.45. The fourth-order valence-electron chi connectivity index (χ4n) is 0.275. The van der Waals surface area contributed by atoms with Gasteiger partial charge in [0.15, 0.2) is 0 Å². The topological polar surface area (TPSA) is 101 Å². The fourth-order valence-corrected chi connectivity index (χ4v) is 0.275. The van der Waals surface area contributed by atoms with E-state index < -0.39 is 24.4 Å². The van der Waals surface area contributed by atoms with E-state index in [9.17, 15) is 9.59 Å². The van der Waals surface area contributed by atoms with E-state index in [0.717, 1.165) is 0 Å². The first-order valence-corrected chi connectivity index (χ1v) is 2.24. The molecular weight excluding hydrogens is 150 g/mol. The zero-order valence-electron chi connectivity index (χ0n) is 4.57. The van der Waals surface area contributed by atoms with E-state index in [1.165, 1.54) is 0 Å². The molecule has 0 aliphatic heterocycles. The Bertz CT molecular complexity index is 137. The van der Waals surface area contributed by atoms with Crippen LogP contribution in [0.1, 0.15) is 6.42 Å². The molecule has 0 saturated heterocycles. The van der Waals surface area contributed by atoms with Crippen LogP contribution >= 0.6 is 0 Å². The van der Waals surface area contributed by atoms with Gasteiger partial charge in [-0.05, 0) is 0 Å². The van der Waals surface area contributed by atoms with Crippen LogP contribution < -0.4 is 5.73 Å². The van der Waals surface area contributed by atoms with E-state index in [1.54, 1.807) is 0 Å². The molecule has 0 saturated carbocycles. The van der Waals surface area contributed by atoms with E-state index in [0.29, 0.717) is 0 Å².